The fraction of sp³-hybridized carbons (Fsp3) is 0.250. The molecule has 0 heterocycles. The summed E-state index contributed by atoms with van der Waals surface area (Å²) in [6, 6.07) is 19.4. The molecule has 1 unspecified atom stereocenters. The van der Waals surface area contributed by atoms with E-state index in [9.17, 15) is 8.78 Å². The van der Waals surface area contributed by atoms with Gasteiger partial charge in [0.1, 0.15) is 17.4 Å². The van der Waals surface area contributed by atoms with Crippen LogP contribution in [-0.2, 0) is 6.42 Å². The molecule has 0 bridgehead atoms. The van der Waals surface area contributed by atoms with Crippen LogP contribution >= 0.6 is 7.92 Å². The monoisotopic (exact) mass is 398 g/mol. The molecule has 0 amide bonds. The van der Waals surface area contributed by atoms with E-state index in [1.165, 1.54) is 29.8 Å². The number of methoxy groups -OCH3 is 1. The molecular formula is C24H25F2OP. The van der Waals surface area contributed by atoms with Crippen LogP contribution in [0.15, 0.2) is 66.7 Å². The summed E-state index contributed by atoms with van der Waals surface area (Å²) in [4.78, 5) is 0. The molecule has 1 nitrogen and oxygen atoms in total. The first-order valence-electron chi connectivity index (χ1n) is 9.50. The van der Waals surface area contributed by atoms with E-state index in [1.54, 1.807) is 7.11 Å². The van der Waals surface area contributed by atoms with E-state index in [0.29, 0.717) is 5.92 Å². The van der Waals surface area contributed by atoms with Gasteiger partial charge in [0.15, 0.2) is 0 Å². The zero-order valence-corrected chi connectivity index (χ0v) is 17.3. The summed E-state index contributed by atoms with van der Waals surface area (Å²) in [5, 5.41) is 3.07. The second-order valence-electron chi connectivity index (χ2n) is 6.98. The summed E-state index contributed by atoms with van der Waals surface area (Å²) in [5.74, 6) is 0.889. The SMILES string of the molecule is CCC(C)Cc1cccc(P(c2ccc(F)cc2)c2ccc(F)cc2)c1OC. The van der Waals surface area contributed by atoms with Gasteiger partial charge in [-0.15, -0.1) is 0 Å². The highest BCUT2D eigenvalue weighted by molar-refractivity contribution is 7.80. The zero-order valence-electron chi connectivity index (χ0n) is 16.5. The molecule has 0 radical (unpaired) electrons. The van der Waals surface area contributed by atoms with Crippen LogP contribution in [-0.4, -0.2) is 7.11 Å². The Morgan fingerprint density at radius 3 is 1.86 bits per heavy atom. The van der Waals surface area contributed by atoms with Gasteiger partial charge in [0, 0.05) is 5.30 Å². The summed E-state index contributed by atoms with van der Waals surface area (Å²) in [6.07, 6.45) is 2.03. The molecule has 0 aliphatic heterocycles. The van der Waals surface area contributed by atoms with Crippen LogP contribution in [0.4, 0.5) is 8.78 Å². The third-order valence-corrected chi connectivity index (χ3v) is 7.42. The Bertz CT molecular complexity index is 861. The van der Waals surface area contributed by atoms with Gasteiger partial charge in [-0.3, -0.25) is 0 Å². The fourth-order valence-electron chi connectivity index (χ4n) is 3.27. The minimum Gasteiger partial charge on any atom is -0.496 e. The van der Waals surface area contributed by atoms with E-state index in [-0.39, 0.29) is 11.6 Å². The van der Waals surface area contributed by atoms with E-state index < -0.39 is 7.92 Å². The van der Waals surface area contributed by atoms with Crippen LogP contribution in [0, 0.1) is 17.6 Å². The number of para-hydroxylation sites is 1. The van der Waals surface area contributed by atoms with Gasteiger partial charge in [-0.2, -0.15) is 0 Å². The molecule has 0 aromatic heterocycles. The Morgan fingerprint density at radius 1 is 0.857 bits per heavy atom. The largest absolute Gasteiger partial charge is 0.496 e. The van der Waals surface area contributed by atoms with Crippen LogP contribution in [0.5, 0.6) is 5.75 Å². The zero-order chi connectivity index (χ0) is 20.1. The second kappa shape index (κ2) is 9.30. The topological polar surface area (TPSA) is 9.23 Å². The molecule has 4 heteroatoms. The summed E-state index contributed by atoms with van der Waals surface area (Å²) in [5.41, 5.74) is 1.17. The Balaban J connectivity index is 2.16. The number of rotatable bonds is 7. The molecule has 1 atom stereocenters. The smallest absolute Gasteiger partial charge is 0.130 e. The maximum absolute atomic E-state index is 13.5. The molecule has 0 N–H and O–H groups in total. The molecule has 0 spiro atoms. The number of ether oxygens (including phenoxy) is 1. The number of hydrogen-bond acceptors (Lipinski definition) is 1. The Kier molecular flexibility index (Phi) is 6.80. The van der Waals surface area contributed by atoms with Crippen molar-refractivity contribution >= 4 is 23.8 Å². The maximum atomic E-state index is 13.5. The third-order valence-electron chi connectivity index (χ3n) is 4.96. The molecule has 0 aliphatic carbocycles. The van der Waals surface area contributed by atoms with Gasteiger partial charge in [0.25, 0.3) is 0 Å². The van der Waals surface area contributed by atoms with Crippen molar-refractivity contribution in [2.75, 3.05) is 7.11 Å². The van der Waals surface area contributed by atoms with Crippen LogP contribution in [0.25, 0.3) is 0 Å². The average Bonchev–Trinajstić information content (AvgIpc) is 2.71. The number of benzene rings is 3. The molecule has 0 saturated heterocycles. The molecule has 28 heavy (non-hydrogen) atoms. The van der Waals surface area contributed by atoms with E-state index in [4.69, 9.17) is 4.74 Å². The Morgan fingerprint density at radius 2 is 1.39 bits per heavy atom. The molecule has 0 saturated carbocycles. The summed E-state index contributed by atoms with van der Waals surface area (Å²) >= 11 is 0. The highest BCUT2D eigenvalue weighted by Gasteiger charge is 2.22. The van der Waals surface area contributed by atoms with Gasteiger partial charge in [-0.1, -0.05) is 62.7 Å². The standard InChI is InChI=1S/C24H25F2OP/c1-4-17(2)16-18-6-5-7-23(24(18)27-3)28(21-12-8-19(25)9-13-21)22-14-10-20(26)11-15-22/h5-15,17H,4,16H2,1-3H3. The van der Waals surface area contributed by atoms with Crippen molar-refractivity contribution in [1.29, 1.82) is 0 Å². The molecule has 0 fully saturated rings. The first-order valence-corrected chi connectivity index (χ1v) is 10.8. The van der Waals surface area contributed by atoms with Crippen LogP contribution < -0.4 is 20.7 Å². The van der Waals surface area contributed by atoms with Crippen LogP contribution in [0.1, 0.15) is 25.8 Å². The van der Waals surface area contributed by atoms with Crippen molar-refractivity contribution in [2.24, 2.45) is 5.92 Å². The molecule has 146 valence electrons. The van der Waals surface area contributed by atoms with Crippen molar-refractivity contribution in [1.82, 2.24) is 0 Å². The minimum absolute atomic E-state index is 0.268. The van der Waals surface area contributed by atoms with Crippen molar-refractivity contribution in [3.8, 4) is 5.75 Å². The molecule has 3 aromatic carbocycles. The number of hydrogen-bond donors (Lipinski definition) is 0. The van der Waals surface area contributed by atoms with Gasteiger partial charge in [-0.25, -0.2) is 8.78 Å². The van der Waals surface area contributed by atoms with E-state index in [2.05, 4.69) is 32.0 Å². The van der Waals surface area contributed by atoms with Gasteiger partial charge >= 0.3 is 0 Å². The minimum atomic E-state index is -1.00. The Hall–Kier alpha value is -2.25. The van der Waals surface area contributed by atoms with Crippen molar-refractivity contribution in [3.05, 3.63) is 83.9 Å². The molecule has 0 aliphatic rings. The van der Waals surface area contributed by atoms with Crippen molar-refractivity contribution in [3.63, 3.8) is 0 Å². The quantitative estimate of drug-likeness (QED) is 0.490. The third kappa shape index (κ3) is 4.59. The predicted molar refractivity (Wildman–Crippen MR) is 115 cm³/mol. The van der Waals surface area contributed by atoms with Crippen molar-refractivity contribution in [2.45, 2.75) is 26.7 Å². The van der Waals surface area contributed by atoms with Crippen molar-refractivity contribution < 1.29 is 13.5 Å². The van der Waals surface area contributed by atoms with Gasteiger partial charge in [-0.05, 0) is 60.7 Å². The Labute approximate surface area is 167 Å². The van der Waals surface area contributed by atoms with E-state index >= 15 is 0 Å². The van der Waals surface area contributed by atoms with Gasteiger partial charge < -0.3 is 4.74 Å². The lowest BCUT2D eigenvalue weighted by Gasteiger charge is -2.24. The normalized spacial score (nSPS) is 12.2. The molecule has 3 rings (SSSR count). The van der Waals surface area contributed by atoms with Crippen LogP contribution in [0.2, 0.25) is 0 Å². The fourth-order valence-corrected chi connectivity index (χ4v) is 5.69. The average molecular weight is 398 g/mol. The predicted octanol–water partition coefficient (Wildman–Crippen LogP) is 5.32. The molecular weight excluding hydrogens is 373 g/mol. The highest BCUT2D eigenvalue weighted by atomic mass is 31.1. The van der Waals surface area contributed by atoms with Gasteiger partial charge in [0.05, 0.1) is 7.11 Å². The lowest BCUT2D eigenvalue weighted by molar-refractivity contribution is 0.408. The number of halogens is 2. The summed E-state index contributed by atoms with van der Waals surface area (Å²) < 4.78 is 32.9. The lowest BCUT2D eigenvalue weighted by Crippen LogP contribution is -2.23. The summed E-state index contributed by atoms with van der Waals surface area (Å²) in [6.45, 7) is 4.42. The van der Waals surface area contributed by atoms with E-state index in [0.717, 1.165) is 34.5 Å². The first kappa shape index (κ1) is 20.5. The van der Waals surface area contributed by atoms with Crippen LogP contribution in [0.3, 0.4) is 0 Å². The highest BCUT2D eigenvalue weighted by Crippen LogP contribution is 2.38. The summed E-state index contributed by atoms with van der Waals surface area (Å²) in [7, 11) is 0.695. The first-order chi connectivity index (χ1) is 13.5. The molecule has 3 aromatic rings. The lowest BCUT2D eigenvalue weighted by atomic mass is 9.98. The maximum Gasteiger partial charge on any atom is 0.130 e. The van der Waals surface area contributed by atoms with E-state index in [1.807, 2.05) is 24.3 Å². The second-order valence-corrected chi connectivity index (χ2v) is 9.16. The van der Waals surface area contributed by atoms with Gasteiger partial charge in [0.2, 0.25) is 0 Å².